The van der Waals surface area contributed by atoms with Gasteiger partial charge in [0.15, 0.2) is 5.76 Å². The number of hydrogen-bond acceptors (Lipinski definition) is 3. The number of carbonyl (C=O) groups excluding carboxylic acids is 1. The Balaban J connectivity index is 1.89. The Labute approximate surface area is 130 Å². The second kappa shape index (κ2) is 5.26. The standard InChI is InChI=1S/C16H13BrN2O2/c1-9-6-11(17)2-4-13(9)19-16(20)15-8-10-7-12(18)3-5-14(10)21-15/h2-8H,18H2,1H3,(H,19,20). The van der Waals surface area contributed by atoms with Crippen LogP contribution in [-0.2, 0) is 0 Å². The number of hydrogen-bond donors (Lipinski definition) is 2. The van der Waals surface area contributed by atoms with Gasteiger partial charge in [0, 0.05) is 21.2 Å². The molecule has 2 aromatic carbocycles. The number of aryl methyl sites for hydroxylation is 1. The molecule has 0 radical (unpaired) electrons. The van der Waals surface area contributed by atoms with Crippen LogP contribution in [0.4, 0.5) is 11.4 Å². The summed E-state index contributed by atoms with van der Waals surface area (Å²) in [7, 11) is 0. The first-order chi connectivity index (χ1) is 10.0. The summed E-state index contributed by atoms with van der Waals surface area (Å²) in [4.78, 5) is 12.3. The van der Waals surface area contributed by atoms with E-state index in [2.05, 4.69) is 21.2 Å². The lowest BCUT2D eigenvalue weighted by molar-refractivity contribution is 0.0998. The minimum atomic E-state index is -0.282. The molecule has 4 nitrogen and oxygen atoms in total. The van der Waals surface area contributed by atoms with Gasteiger partial charge >= 0.3 is 0 Å². The summed E-state index contributed by atoms with van der Waals surface area (Å²) in [6.07, 6.45) is 0. The molecule has 0 atom stereocenters. The third-order valence-corrected chi connectivity index (χ3v) is 3.69. The number of nitrogens with one attached hydrogen (secondary N) is 1. The number of furan rings is 1. The monoisotopic (exact) mass is 344 g/mol. The number of anilines is 2. The van der Waals surface area contributed by atoms with Gasteiger partial charge in [-0.05, 0) is 55.0 Å². The zero-order chi connectivity index (χ0) is 15.0. The van der Waals surface area contributed by atoms with Crippen molar-refractivity contribution in [2.45, 2.75) is 6.92 Å². The first-order valence-electron chi connectivity index (χ1n) is 6.39. The molecule has 1 amide bonds. The molecule has 5 heteroatoms. The van der Waals surface area contributed by atoms with Crippen molar-refractivity contribution in [1.29, 1.82) is 0 Å². The van der Waals surface area contributed by atoms with Gasteiger partial charge in [-0.3, -0.25) is 4.79 Å². The first kappa shape index (κ1) is 13.7. The van der Waals surface area contributed by atoms with Gasteiger partial charge in [-0.2, -0.15) is 0 Å². The van der Waals surface area contributed by atoms with Crippen molar-refractivity contribution in [3.8, 4) is 0 Å². The summed E-state index contributed by atoms with van der Waals surface area (Å²) in [5.74, 6) is -0.0203. The highest BCUT2D eigenvalue weighted by molar-refractivity contribution is 9.10. The molecule has 0 fully saturated rings. The molecule has 0 unspecified atom stereocenters. The number of rotatable bonds is 2. The minimum Gasteiger partial charge on any atom is -0.451 e. The highest BCUT2D eigenvalue weighted by Gasteiger charge is 2.13. The molecule has 0 spiro atoms. The number of fused-ring (bicyclic) bond motifs is 1. The van der Waals surface area contributed by atoms with Crippen LogP contribution >= 0.6 is 15.9 Å². The molecule has 0 bridgehead atoms. The van der Waals surface area contributed by atoms with E-state index in [0.717, 1.165) is 21.1 Å². The van der Waals surface area contributed by atoms with Gasteiger partial charge in [-0.15, -0.1) is 0 Å². The lowest BCUT2D eigenvalue weighted by Gasteiger charge is -2.07. The summed E-state index contributed by atoms with van der Waals surface area (Å²) in [5.41, 5.74) is 8.72. The molecule has 1 heterocycles. The summed E-state index contributed by atoms with van der Waals surface area (Å²) < 4.78 is 6.51. The van der Waals surface area contributed by atoms with Crippen LogP contribution in [-0.4, -0.2) is 5.91 Å². The fourth-order valence-electron chi connectivity index (χ4n) is 2.12. The molecule has 3 aromatic rings. The van der Waals surface area contributed by atoms with Gasteiger partial charge in [0.1, 0.15) is 5.58 Å². The van der Waals surface area contributed by atoms with Crippen molar-refractivity contribution in [2.75, 3.05) is 11.1 Å². The Kier molecular flexibility index (Phi) is 3.43. The second-order valence-corrected chi connectivity index (χ2v) is 5.74. The Morgan fingerprint density at radius 2 is 2.00 bits per heavy atom. The highest BCUT2D eigenvalue weighted by atomic mass is 79.9. The summed E-state index contributed by atoms with van der Waals surface area (Å²) in [6.45, 7) is 1.93. The molecule has 0 aliphatic rings. The normalized spacial score (nSPS) is 10.8. The van der Waals surface area contributed by atoms with Crippen LogP contribution in [0.1, 0.15) is 16.1 Å². The number of halogens is 1. The van der Waals surface area contributed by atoms with E-state index in [1.807, 2.05) is 25.1 Å². The average Bonchev–Trinajstić information content (AvgIpc) is 2.85. The van der Waals surface area contributed by atoms with E-state index in [-0.39, 0.29) is 11.7 Å². The van der Waals surface area contributed by atoms with E-state index in [0.29, 0.717) is 11.3 Å². The summed E-state index contributed by atoms with van der Waals surface area (Å²) in [5, 5.41) is 3.66. The van der Waals surface area contributed by atoms with E-state index in [9.17, 15) is 4.79 Å². The smallest absolute Gasteiger partial charge is 0.291 e. The van der Waals surface area contributed by atoms with E-state index >= 15 is 0 Å². The first-order valence-corrected chi connectivity index (χ1v) is 7.19. The Morgan fingerprint density at radius 3 is 2.76 bits per heavy atom. The zero-order valence-corrected chi connectivity index (χ0v) is 12.9. The Bertz CT molecular complexity index is 839. The second-order valence-electron chi connectivity index (χ2n) is 4.82. The van der Waals surface area contributed by atoms with E-state index in [1.54, 1.807) is 24.3 Å². The average molecular weight is 345 g/mol. The van der Waals surface area contributed by atoms with Crippen molar-refractivity contribution in [3.63, 3.8) is 0 Å². The lowest BCUT2D eigenvalue weighted by Crippen LogP contribution is -2.11. The van der Waals surface area contributed by atoms with Gasteiger partial charge in [0.2, 0.25) is 0 Å². The number of nitrogens with two attached hydrogens (primary N) is 1. The van der Waals surface area contributed by atoms with Gasteiger partial charge in [0.25, 0.3) is 5.91 Å². The van der Waals surface area contributed by atoms with Crippen molar-refractivity contribution in [2.24, 2.45) is 0 Å². The molecule has 0 aliphatic carbocycles. The van der Waals surface area contributed by atoms with Gasteiger partial charge in [-0.1, -0.05) is 15.9 Å². The van der Waals surface area contributed by atoms with Crippen LogP contribution in [0.3, 0.4) is 0 Å². The van der Waals surface area contributed by atoms with E-state index < -0.39 is 0 Å². The fourth-order valence-corrected chi connectivity index (χ4v) is 2.60. The molecule has 0 saturated heterocycles. The number of nitrogen functional groups attached to an aromatic ring is 1. The van der Waals surface area contributed by atoms with Gasteiger partial charge in [0.05, 0.1) is 0 Å². The Hall–Kier alpha value is -2.27. The third kappa shape index (κ3) is 2.78. The largest absolute Gasteiger partial charge is 0.451 e. The molecule has 106 valence electrons. The maximum atomic E-state index is 12.3. The molecule has 0 saturated carbocycles. The molecular weight excluding hydrogens is 332 g/mol. The van der Waals surface area contributed by atoms with Gasteiger partial charge in [-0.25, -0.2) is 0 Å². The Morgan fingerprint density at radius 1 is 1.19 bits per heavy atom. The number of amides is 1. The van der Waals surface area contributed by atoms with Crippen LogP contribution in [0.5, 0.6) is 0 Å². The predicted octanol–water partition coefficient (Wildman–Crippen LogP) is 4.34. The van der Waals surface area contributed by atoms with Crippen molar-refractivity contribution in [3.05, 3.63) is 58.3 Å². The minimum absolute atomic E-state index is 0.262. The number of benzene rings is 2. The zero-order valence-electron chi connectivity index (χ0n) is 11.3. The fraction of sp³-hybridized carbons (Fsp3) is 0.0625. The maximum Gasteiger partial charge on any atom is 0.291 e. The molecule has 3 rings (SSSR count). The van der Waals surface area contributed by atoms with Crippen LogP contribution in [0, 0.1) is 6.92 Å². The van der Waals surface area contributed by atoms with E-state index in [1.165, 1.54) is 0 Å². The maximum absolute atomic E-state index is 12.3. The predicted molar refractivity (Wildman–Crippen MR) is 87.5 cm³/mol. The van der Waals surface area contributed by atoms with E-state index in [4.69, 9.17) is 10.2 Å². The molecule has 3 N–H and O–H groups in total. The van der Waals surface area contributed by atoms with Crippen LogP contribution < -0.4 is 11.1 Å². The van der Waals surface area contributed by atoms with Crippen molar-refractivity contribution < 1.29 is 9.21 Å². The van der Waals surface area contributed by atoms with Crippen LogP contribution in [0.15, 0.2) is 51.4 Å². The van der Waals surface area contributed by atoms with Crippen LogP contribution in [0.25, 0.3) is 11.0 Å². The van der Waals surface area contributed by atoms with Gasteiger partial charge < -0.3 is 15.5 Å². The lowest BCUT2D eigenvalue weighted by atomic mass is 10.2. The SMILES string of the molecule is Cc1cc(Br)ccc1NC(=O)c1cc2cc(N)ccc2o1. The van der Waals surface area contributed by atoms with Crippen molar-refractivity contribution >= 4 is 44.2 Å². The molecular formula is C16H13BrN2O2. The molecule has 21 heavy (non-hydrogen) atoms. The third-order valence-electron chi connectivity index (χ3n) is 3.20. The highest BCUT2D eigenvalue weighted by Crippen LogP contribution is 2.24. The number of carbonyl (C=O) groups is 1. The quantitative estimate of drug-likeness (QED) is 0.679. The summed E-state index contributed by atoms with van der Waals surface area (Å²) >= 11 is 3.39. The molecule has 1 aromatic heterocycles. The molecule has 0 aliphatic heterocycles. The van der Waals surface area contributed by atoms with Crippen LogP contribution in [0.2, 0.25) is 0 Å². The summed E-state index contributed by atoms with van der Waals surface area (Å²) in [6, 6.07) is 12.6. The van der Waals surface area contributed by atoms with Crippen molar-refractivity contribution in [1.82, 2.24) is 0 Å². The topological polar surface area (TPSA) is 68.3 Å².